The van der Waals surface area contributed by atoms with Crippen molar-refractivity contribution in [2.45, 2.75) is 12.3 Å². The molecule has 1 aromatic heterocycles. The van der Waals surface area contributed by atoms with E-state index in [9.17, 15) is 9.18 Å². The first-order chi connectivity index (χ1) is 17.2. The Balaban J connectivity index is 1.02. The first-order valence-electron chi connectivity index (χ1n) is 12.1. The number of para-hydroxylation sites is 1. The molecule has 6 rings (SSSR count). The molecule has 1 aliphatic carbocycles. The Labute approximate surface area is 203 Å². The number of piperazine rings is 1. The van der Waals surface area contributed by atoms with E-state index in [1.165, 1.54) is 28.3 Å². The molecule has 6 nitrogen and oxygen atoms in total. The van der Waals surface area contributed by atoms with Crippen LogP contribution in [0.2, 0.25) is 0 Å². The van der Waals surface area contributed by atoms with E-state index >= 15 is 0 Å². The highest BCUT2D eigenvalue weighted by atomic mass is 19.1. The van der Waals surface area contributed by atoms with Gasteiger partial charge in [-0.25, -0.2) is 14.2 Å². The van der Waals surface area contributed by atoms with E-state index in [0.717, 1.165) is 31.0 Å². The zero-order valence-corrected chi connectivity index (χ0v) is 19.4. The highest BCUT2D eigenvalue weighted by molar-refractivity contribution is 5.79. The fourth-order valence-electron chi connectivity index (χ4n) is 5.27. The van der Waals surface area contributed by atoms with E-state index in [0.29, 0.717) is 31.6 Å². The summed E-state index contributed by atoms with van der Waals surface area (Å²) in [6, 6.07) is 21.7. The van der Waals surface area contributed by atoms with Crippen LogP contribution in [0.25, 0.3) is 22.2 Å². The largest absolute Gasteiger partial charge is 0.448 e. The van der Waals surface area contributed by atoms with Gasteiger partial charge in [0.25, 0.3) is 0 Å². The minimum absolute atomic E-state index is 0.0706. The highest BCUT2D eigenvalue weighted by Crippen LogP contribution is 2.44. The van der Waals surface area contributed by atoms with E-state index in [4.69, 9.17) is 4.74 Å². The molecule has 1 amide bonds. The van der Waals surface area contributed by atoms with Crippen LogP contribution >= 0.6 is 0 Å². The molecule has 0 radical (unpaired) electrons. The SMILES string of the molecule is O=C(OCC1c2ccccc2-c2ccccc21)N1CCN(CCc2nc3c(F)cccc3[nH]2)CC1. The standard InChI is InChI=1S/C28H27FN4O2/c29-24-10-5-11-25-27(24)31-26(30-25)12-13-32-14-16-33(17-15-32)28(34)35-18-23-21-8-3-1-6-19(21)20-7-2-4-9-22(20)23/h1-11,23H,12-18H2,(H,30,31). The van der Waals surface area contributed by atoms with Crippen molar-refractivity contribution in [2.24, 2.45) is 0 Å². The number of amides is 1. The maximum absolute atomic E-state index is 13.9. The molecule has 0 unspecified atom stereocenters. The van der Waals surface area contributed by atoms with Crippen LogP contribution in [0.15, 0.2) is 66.7 Å². The molecule has 2 aliphatic rings. The van der Waals surface area contributed by atoms with E-state index in [1.807, 2.05) is 18.2 Å². The van der Waals surface area contributed by atoms with Gasteiger partial charge in [-0.15, -0.1) is 0 Å². The third-order valence-corrected chi connectivity index (χ3v) is 7.14. The highest BCUT2D eigenvalue weighted by Gasteiger charge is 2.30. The average Bonchev–Trinajstić information content (AvgIpc) is 3.46. The molecule has 1 saturated heterocycles. The molecule has 3 aromatic carbocycles. The van der Waals surface area contributed by atoms with Crippen molar-refractivity contribution in [1.29, 1.82) is 0 Å². The minimum Gasteiger partial charge on any atom is -0.448 e. The number of carbonyl (C=O) groups excluding carboxylic acids is 1. The lowest BCUT2D eigenvalue weighted by molar-refractivity contribution is 0.0747. The number of hydrogen-bond acceptors (Lipinski definition) is 4. The molecule has 1 fully saturated rings. The van der Waals surface area contributed by atoms with Gasteiger partial charge in [0.1, 0.15) is 17.9 Å². The topological polar surface area (TPSA) is 61.5 Å². The van der Waals surface area contributed by atoms with Gasteiger partial charge in [-0.1, -0.05) is 54.6 Å². The van der Waals surface area contributed by atoms with Gasteiger partial charge in [-0.2, -0.15) is 0 Å². The van der Waals surface area contributed by atoms with E-state index in [1.54, 1.807) is 11.0 Å². The van der Waals surface area contributed by atoms with Crippen molar-refractivity contribution in [3.63, 3.8) is 0 Å². The number of benzene rings is 3. The molecule has 7 heteroatoms. The van der Waals surface area contributed by atoms with Crippen LogP contribution in [0.4, 0.5) is 9.18 Å². The third kappa shape index (κ3) is 4.17. The summed E-state index contributed by atoms with van der Waals surface area (Å²) in [7, 11) is 0. The molecular formula is C28H27FN4O2. The first-order valence-corrected chi connectivity index (χ1v) is 12.1. The first kappa shape index (κ1) is 21.8. The Hall–Kier alpha value is -3.71. The predicted octanol–water partition coefficient (Wildman–Crippen LogP) is 4.81. The number of halogens is 1. The summed E-state index contributed by atoms with van der Waals surface area (Å²) in [6.07, 6.45) is 0.457. The summed E-state index contributed by atoms with van der Waals surface area (Å²) in [4.78, 5) is 24.5. The molecule has 4 aromatic rings. The molecule has 0 bridgehead atoms. The van der Waals surface area contributed by atoms with Gasteiger partial charge in [-0.3, -0.25) is 4.90 Å². The number of aromatic nitrogens is 2. The second-order valence-corrected chi connectivity index (χ2v) is 9.20. The van der Waals surface area contributed by atoms with E-state index < -0.39 is 0 Å². The Kier molecular flexibility index (Phi) is 5.70. The molecule has 1 aliphatic heterocycles. The second-order valence-electron chi connectivity index (χ2n) is 9.20. The summed E-state index contributed by atoms with van der Waals surface area (Å²) < 4.78 is 19.7. The number of H-pyrrole nitrogens is 1. The van der Waals surface area contributed by atoms with Crippen LogP contribution in [0.1, 0.15) is 22.9 Å². The summed E-state index contributed by atoms with van der Waals surface area (Å²) in [5.41, 5.74) is 6.01. The number of nitrogens with one attached hydrogen (secondary N) is 1. The fourth-order valence-corrected chi connectivity index (χ4v) is 5.27. The Morgan fingerprint density at radius 2 is 1.63 bits per heavy atom. The Morgan fingerprint density at radius 1 is 0.943 bits per heavy atom. The van der Waals surface area contributed by atoms with Gasteiger partial charge in [0, 0.05) is 45.1 Å². The molecule has 0 atom stereocenters. The normalized spacial score (nSPS) is 15.9. The fraction of sp³-hybridized carbons (Fsp3) is 0.286. The third-order valence-electron chi connectivity index (χ3n) is 7.14. The van der Waals surface area contributed by atoms with Crippen molar-refractivity contribution in [3.8, 4) is 11.1 Å². The van der Waals surface area contributed by atoms with Gasteiger partial charge in [-0.05, 0) is 34.4 Å². The quantitative estimate of drug-likeness (QED) is 0.455. The molecule has 0 saturated carbocycles. The number of ether oxygens (including phenoxy) is 1. The van der Waals surface area contributed by atoms with Crippen molar-refractivity contribution in [3.05, 3.63) is 89.5 Å². The van der Waals surface area contributed by atoms with Crippen molar-refractivity contribution < 1.29 is 13.9 Å². The lowest BCUT2D eigenvalue weighted by atomic mass is 9.98. The summed E-state index contributed by atoms with van der Waals surface area (Å²) in [6.45, 7) is 3.96. The lowest BCUT2D eigenvalue weighted by Gasteiger charge is -2.34. The van der Waals surface area contributed by atoms with Gasteiger partial charge in [0.05, 0.1) is 5.52 Å². The van der Waals surface area contributed by atoms with Crippen molar-refractivity contribution >= 4 is 17.1 Å². The maximum Gasteiger partial charge on any atom is 0.409 e. The molecule has 1 N–H and O–H groups in total. The number of rotatable bonds is 5. The van der Waals surface area contributed by atoms with Crippen LogP contribution in [0, 0.1) is 5.82 Å². The van der Waals surface area contributed by atoms with E-state index in [-0.39, 0.29) is 17.8 Å². The predicted molar refractivity (Wildman–Crippen MR) is 133 cm³/mol. The molecule has 0 spiro atoms. The number of nitrogens with zero attached hydrogens (tertiary/aromatic N) is 3. The molecule has 2 heterocycles. The van der Waals surface area contributed by atoms with Gasteiger partial charge in [0.15, 0.2) is 5.82 Å². The molecule has 35 heavy (non-hydrogen) atoms. The number of carbonyl (C=O) groups is 1. The van der Waals surface area contributed by atoms with Crippen LogP contribution in [-0.2, 0) is 11.2 Å². The van der Waals surface area contributed by atoms with Crippen LogP contribution in [0.3, 0.4) is 0 Å². The number of imidazole rings is 1. The summed E-state index contributed by atoms with van der Waals surface area (Å²) in [5.74, 6) is 0.548. The number of fused-ring (bicyclic) bond motifs is 4. The van der Waals surface area contributed by atoms with Crippen LogP contribution in [-0.4, -0.2) is 65.2 Å². The smallest absolute Gasteiger partial charge is 0.409 e. The molecule has 178 valence electrons. The zero-order valence-electron chi connectivity index (χ0n) is 19.4. The van der Waals surface area contributed by atoms with Crippen molar-refractivity contribution in [1.82, 2.24) is 19.8 Å². The summed E-state index contributed by atoms with van der Waals surface area (Å²) >= 11 is 0. The van der Waals surface area contributed by atoms with Gasteiger partial charge >= 0.3 is 6.09 Å². The monoisotopic (exact) mass is 470 g/mol. The molecular weight excluding hydrogens is 443 g/mol. The van der Waals surface area contributed by atoms with Crippen LogP contribution < -0.4 is 0 Å². The number of aromatic amines is 1. The van der Waals surface area contributed by atoms with Crippen molar-refractivity contribution in [2.75, 3.05) is 39.3 Å². The van der Waals surface area contributed by atoms with E-state index in [2.05, 4.69) is 51.3 Å². The Bertz CT molecular complexity index is 1330. The second kappa shape index (κ2) is 9.15. The maximum atomic E-state index is 13.9. The lowest BCUT2D eigenvalue weighted by Crippen LogP contribution is -2.49. The number of hydrogen-bond donors (Lipinski definition) is 1. The van der Waals surface area contributed by atoms with Gasteiger partial charge in [0.2, 0.25) is 0 Å². The zero-order chi connectivity index (χ0) is 23.8. The Morgan fingerprint density at radius 3 is 2.31 bits per heavy atom. The summed E-state index contributed by atoms with van der Waals surface area (Å²) in [5, 5.41) is 0. The minimum atomic E-state index is -0.304. The average molecular weight is 471 g/mol. The van der Waals surface area contributed by atoms with Crippen LogP contribution in [0.5, 0.6) is 0 Å². The van der Waals surface area contributed by atoms with Gasteiger partial charge < -0.3 is 14.6 Å².